The number of para-hydroxylation sites is 2. The molecular weight excluding hydrogens is 352 g/mol. The Morgan fingerprint density at radius 3 is 2.50 bits per heavy atom. The van der Waals surface area contributed by atoms with Crippen molar-refractivity contribution >= 4 is 23.6 Å². The van der Waals surface area contributed by atoms with Crippen molar-refractivity contribution in [1.29, 1.82) is 0 Å². The Balaban J connectivity index is 2.05. The van der Waals surface area contributed by atoms with Gasteiger partial charge in [-0.3, -0.25) is 9.59 Å². The minimum absolute atomic E-state index is 0.0124. The summed E-state index contributed by atoms with van der Waals surface area (Å²) in [5.74, 6) is 0.320. The van der Waals surface area contributed by atoms with Crippen LogP contribution in [0.15, 0.2) is 54.6 Å². The largest absolute Gasteiger partial charge is 0.493 e. The molecule has 0 aliphatic carbocycles. The molecule has 0 spiro atoms. The van der Waals surface area contributed by atoms with Crippen LogP contribution in [-0.2, 0) is 9.59 Å². The molecular formula is C23H28N2O3. The van der Waals surface area contributed by atoms with E-state index in [1.807, 2.05) is 69.3 Å². The summed E-state index contributed by atoms with van der Waals surface area (Å²) in [6.45, 7) is 6.91. The third-order valence-electron chi connectivity index (χ3n) is 4.18. The van der Waals surface area contributed by atoms with Gasteiger partial charge in [-0.1, -0.05) is 43.3 Å². The Hall–Kier alpha value is -3.08. The maximum absolute atomic E-state index is 12.6. The van der Waals surface area contributed by atoms with E-state index in [1.54, 1.807) is 11.0 Å². The molecule has 0 fully saturated rings. The van der Waals surface area contributed by atoms with Gasteiger partial charge in [0.05, 0.1) is 6.61 Å². The van der Waals surface area contributed by atoms with E-state index in [1.165, 1.54) is 6.08 Å². The molecule has 1 N–H and O–H groups in total. The van der Waals surface area contributed by atoms with Crippen LogP contribution in [-0.4, -0.2) is 36.4 Å². The van der Waals surface area contributed by atoms with E-state index >= 15 is 0 Å². The molecule has 5 heteroatoms. The number of hydrogen-bond acceptors (Lipinski definition) is 3. The molecule has 2 rings (SSSR count). The molecule has 0 radical (unpaired) electrons. The lowest BCUT2D eigenvalue weighted by atomic mass is 10.2. The second-order valence-electron chi connectivity index (χ2n) is 6.43. The van der Waals surface area contributed by atoms with Gasteiger partial charge in [-0.15, -0.1) is 0 Å². The van der Waals surface area contributed by atoms with E-state index < -0.39 is 0 Å². The maximum atomic E-state index is 12.6. The van der Waals surface area contributed by atoms with Gasteiger partial charge in [-0.2, -0.15) is 0 Å². The number of amides is 2. The molecule has 2 amide bonds. The number of anilines is 1. The third-order valence-corrected chi connectivity index (χ3v) is 4.18. The lowest BCUT2D eigenvalue weighted by Crippen LogP contribution is -2.37. The van der Waals surface area contributed by atoms with E-state index in [-0.39, 0.29) is 18.4 Å². The molecule has 0 aliphatic heterocycles. The van der Waals surface area contributed by atoms with Gasteiger partial charge in [-0.05, 0) is 44.0 Å². The fourth-order valence-corrected chi connectivity index (χ4v) is 2.78. The average Bonchev–Trinajstić information content (AvgIpc) is 2.69. The summed E-state index contributed by atoms with van der Waals surface area (Å²) in [7, 11) is 0. The second-order valence-corrected chi connectivity index (χ2v) is 6.43. The van der Waals surface area contributed by atoms with Crippen LogP contribution in [0.2, 0.25) is 0 Å². The zero-order valence-electron chi connectivity index (χ0n) is 16.8. The Labute approximate surface area is 167 Å². The molecule has 0 heterocycles. The van der Waals surface area contributed by atoms with E-state index in [4.69, 9.17) is 4.74 Å². The van der Waals surface area contributed by atoms with Crippen LogP contribution >= 0.6 is 0 Å². The average molecular weight is 380 g/mol. The standard InChI is InChI=1S/C23H28N2O3/c1-4-16-25(17-22(26)24-20-12-8-6-10-18(20)3)23(27)15-14-19-11-7-9-13-21(19)28-5-2/h6-15H,4-5,16-17H2,1-3H3,(H,24,26)/b15-14+. The number of ether oxygens (including phenoxy) is 1. The van der Waals surface area contributed by atoms with Crippen LogP contribution in [0.25, 0.3) is 6.08 Å². The van der Waals surface area contributed by atoms with Gasteiger partial charge in [0.15, 0.2) is 0 Å². The second kappa shape index (κ2) is 10.9. The Morgan fingerprint density at radius 1 is 1.07 bits per heavy atom. The Bertz CT molecular complexity index is 830. The molecule has 2 aromatic rings. The molecule has 0 bridgehead atoms. The SMILES string of the molecule is CCCN(CC(=O)Nc1ccccc1C)C(=O)/C=C/c1ccccc1OCC. The zero-order valence-corrected chi connectivity index (χ0v) is 16.8. The molecule has 148 valence electrons. The molecule has 2 aromatic carbocycles. The monoisotopic (exact) mass is 380 g/mol. The third kappa shape index (κ3) is 6.27. The molecule has 5 nitrogen and oxygen atoms in total. The summed E-state index contributed by atoms with van der Waals surface area (Å²) in [6, 6.07) is 15.1. The minimum atomic E-state index is -0.209. The first-order valence-corrected chi connectivity index (χ1v) is 9.59. The van der Waals surface area contributed by atoms with Gasteiger partial charge in [0.2, 0.25) is 11.8 Å². The number of carbonyl (C=O) groups is 2. The maximum Gasteiger partial charge on any atom is 0.247 e. The van der Waals surface area contributed by atoms with Crippen LogP contribution in [0.5, 0.6) is 5.75 Å². The summed E-state index contributed by atoms with van der Waals surface area (Å²) in [5.41, 5.74) is 2.58. The van der Waals surface area contributed by atoms with Crippen LogP contribution in [0.4, 0.5) is 5.69 Å². The lowest BCUT2D eigenvalue weighted by molar-refractivity contribution is -0.130. The number of benzene rings is 2. The molecule has 0 saturated heterocycles. The van der Waals surface area contributed by atoms with Gasteiger partial charge in [0, 0.05) is 23.9 Å². The predicted octanol–water partition coefficient (Wildman–Crippen LogP) is 4.28. The van der Waals surface area contributed by atoms with Crippen molar-refractivity contribution in [1.82, 2.24) is 4.90 Å². The number of carbonyl (C=O) groups excluding carboxylic acids is 2. The Morgan fingerprint density at radius 2 is 1.79 bits per heavy atom. The quantitative estimate of drug-likeness (QED) is 0.661. The summed E-state index contributed by atoms with van der Waals surface area (Å²) in [6.07, 6.45) is 4.00. The van der Waals surface area contributed by atoms with Crippen molar-refractivity contribution in [3.8, 4) is 5.75 Å². The summed E-state index contributed by atoms with van der Waals surface area (Å²) in [4.78, 5) is 26.6. The first kappa shape index (κ1) is 21.2. The number of nitrogens with one attached hydrogen (secondary N) is 1. The smallest absolute Gasteiger partial charge is 0.247 e. The van der Waals surface area contributed by atoms with Gasteiger partial charge < -0.3 is 15.0 Å². The number of hydrogen-bond donors (Lipinski definition) is 1. The van der Waals surface area contributed by atoms with Crippen LogP contribution in [0.3, 0.4) is 0 Å². The molecule has 0 aromatic heterocycles. The summed E-state index contributed by atoms with van der Waals surface area (Å²) < 4.78 is 5.58. The normalized spacial score (nSPS) is 10.7. The minimum Gasteiger partial charge on any atom is -0.493 e. The number of aryl methyl sites for hydroxylation is 1. The molecule has 0 saturated carbocycles. The lowest BCUT2D eigenvalue weighted by Gasteiger charge is -2.20. The van der Waals surface area contributed by atoms with Crippen LogP contribution in [0.1, 0.15) is 31.4 Å². The number of nitrogens with zero attached hydrogens (tertiary/aromatic N) is 1. The predicted molar refractivity (Wildman–Crippen MR) is 113 cm³/mol. The van der Waals surface area contributed by atoms with Crippen molar-refractivity contribution < 1.29 is 14.3 Å². The van der Waals surface area contributed by atoms with E-state index in [0.717, 1.165) is 29.0 Å². The van der Waals surface area contributed by atoms with Gasteiger partial charge in [-0.25, -0.2) is 0 Å². The highest BCUT2D eigenvalue weighted by Gasteiger charge is 2.15. The fraction of sp³-hybridized carbons (Fsp3) is 0.304. The van der Waals surface area contributed by atoms with Crippen LogP contribution < -0.4 is 10.1 Å². The van der Waals surface area contributed by atoms with Gasteiger partial charge in [0.25, 0.3) is 0 Å². The highest BCUT2D eigenvalue weighted by atomic mass is 16.5. The first-order valence-electron chi connectivity index (χ1n) is 9.59. The molecule has 0 unspecified atom stereocenters. The van der Waals surface area contributed by atoms with Crippen molar-refractivity contribution in [2.45, 2.75) is 27.2 Å². The van der Waals surface area contributed by atoms with E-state index in [9.17, 15) is 9.59 Å². The zero-order chi connectivity index (χ0) is 20.4. The summed E-state index contributed by atoms with van der Waals surface area (Å²) in [5, 5.41) is 2.88. The highest BCUT2D eigenvalue weighted by molar-refractivity contribution is 5.98. The molecule has 0 atom stereocenters. The molecule has 28 heavy (non-hydrogen) atoms. The van der Waals surface area contributed by atoms with Crippen LogP contribution in [0, 0.1) is 6.92 Å². The highest BCUT2D eigenvalue weighted by Crippen LogP contribution is 2.19. The van der Waals surface area contributed by atoms with Crippen molar-refractivity contribution in [3.05, 3.63) is 65.7 Å². The van der Waals surface area contributed by atoms with E-state index in [2.05, 4.69) is 5.32 Å². The number of rotatable bonds is 9. The van der Waals surface area contributed by atoms with E-state index in [0.29, 0.717) is 13.2 Å². The topological polar surface area (TPSA) is 58.6 Å². The van der Waals surface area contributed by atoms with Crippen molar-refractivity contribution in [2.75, 3.05) is 25.0 Å². The van der Waals surface area contributed by atoms with Crippen molar-refractivity contribution in [3.63, 3.8) is 0 Å². The van der Waals surface area contributed by atoms with Gasteiger partial charge >= 0.3 is 0 Å². The van der Waals surface area contributed by atoms with Gasteiger partial charge in [0.1, 0.15) is 12.3 Å². The van der Waals surface area contributed by atoms with Crippen molar-refractivity contribution in [2.24, 2.45) is 0 Å². The first-order chi connectivity index (χ1) is 13.5. The summed E-state index contributed by atoms with van der Waals surface area (Å²) >= 11 is 0. The fourth-order valence-electron chi connectivity index (χ4n) is 2.78. The Kier molecular flexibility index (Phi) is 8.28. The molecule has 0 aliphatic rings.